The van der Waals surface area contributed by atoms with Crippen LogP contribution in [-0.4, -0.2) is 64.0 Å². The number of benzene rings is 1. The van der Waals surface area contributed by atoms with Crippen molar-refractivity contribution in [3.63, 3.8) is 0 Å². The highest BCUT2D eigenvalue weighted by Crippen LogP contribution is 2.43. The van der Waals surface area contributed by atoms with E-state index in [1.165, 1.54) is 27.4 Å². The largest absolute Gasteiger partial charge is 0.493 e. The third kappa shape index (κ3) is 5.78. The molecule has 2 aliphatic heterocycles. The summed E-state index contributed by atoms with van der Waals surface area (Å²) < 4.78 is 39.2. The van der Waals surface area contributed by atoms with Crippen LogP contribution in [0.25, 0.3) is 6.08 Å². The van der Waals surface area contributed by atoms with E-state index in [1.807, 2.05) is 6.08 Å². The lowest BCUT2D eigenvalue weighted by atomic mass is 10.0. The highest BCUT2D eigenvalue weighted by atomic mass is 16.8. The average molecular weight is 477 g/mol. The number of rotatable bonds is 5. The first kappa shape index (κ1) is 25.7. The quantitative estimate of drug-likeness (QED) is 0.465. The number of ether oxygens (including phenoxy) is 7. The summed E-state index contributed by atoms with van der Waals surface area (Å²) >= 11 is 0. The van der Waals surface area contributed by atoms with E-state index in [4.69, 9.17) is 33.2 Å². The van der Waals surface area contributed by atoms with Crippen molar-refractivity contribution in [2.75, 3.05) is 28.1 Å². The normalized spacial score (nSPS) is 25.5. The molecule has 0 radical (unpaired) electrons. The predicted molar refractivity (Wildman–Crippen MR) is 123 cm³/mol. The number of esters is 1. The van der Waals surface area contributed by atoms with Crippen LogP contribution >= 0.6 is 0 Å². The van der Waals surface area contributed by atoms with Crippen LogP contribution in [0.15, 0.2) is 24.3 Å². The molecule has 3 rings (SSSR count). The zero-order valence-corrected chi connectivity index (χ0v) is 20.4. The van der Waals surface area contributed by atoms with Gasteiger partial charge in [0.15, 0.2) is 29.9 Å². The van der Waals surface area contributed by atoms with E-state index in [9.17, 15) is 9.59 Å². The summed E-state index contributed by atoms with van der Waals surface area (Å²) in [6, 6.07) is 1.67. The molecule has 0 amide bonds. The molecule has 3 atom stereocenters. The first-order chi connectivity index (χ1) is 16.2. The number of cyclic esters (lactones) is 1. The lowest BCUT2D eigenvalue weighted by Crippen LogP contribution is -2.30. The molecule has 9 heteroatoms. The van der Waals surface area contributed by atoms with Gasteiger partial charge in [-0.3, -0.25) is 4.79 Å². The van der Waals surface area contributed by atoms with Gasteiger partial charge in [-0.15, -0.1) is 0 Å². The highest BCUT2D eigenvalue weighted by molar-refractivity contribution is 5.99. The van der Waals surface area contributed by atoms with Gasteiger partial charge in [-0.05, 0) is 44.9 Å². The van der Waals surface area contributed by atoms with E-state index >= 15 is 0 Å². The number of hydrogen-bond donors (Lipinski definition) is 0. The fourth-order valence-corrected chi connectivity index (χ4v) is 3.92. The molecule has 34 heavy (non-hydrogen) atoms. The van der Waals surface area contributed by atoms with Crippen LogP contribution in [-0.2, 0) is 23.7 Å². The SMILES string of the molecule is COCOc1c(OC)c(OC)cc2c1C(=O)O[C@@H](C)C/C=C\C(=O)[C@H]1OC(C)(C)O[C@H]1CC=C2. The van der Waals surface area contributed by atoms with Gasteiger partial charge in [0, 0.05) is 13.5 Å². The van der Waals surface area contributed by atoms with Gasteiger partial charge in [0.2, 0.25) is 5.75 Å². The maximum atomic E-state index is 13.3. The molecular formula is C25H32O9. The maximum absolute atomic E-state index is 13.3. The summed E-state index contributed by atoms with van der Waals surface area (Å²) in [6.45, 7) is 5.17. The number of methoxy groups -OCH3 is 3. The second kappa shape index (κ2) is 11.0. The lowest BCUT2D eigenvalue weighted by molar-refractivity contribution is -0.152. The predicted octanol–water partition coefficient (Wildman–Crippen LogP) is 3.68. The van der Waals surface area contributed by atoms with Gasteiger partial charge < -0.3 is 33.2 Å². The number of carbonyl (C=O) groups is 2. The van der Waals surface area contributed by atoms with Crippen LogP contribution in [0.5, 0.6) is 17.2 Å². The summed E-state index contributed by atoms with van der Waals surface area (Å²) in [6.07, 6.45) is 5.67. The van der Waals surface area contributed by atoms with Crippen molar-refractivity contribution in [2.24, 2.45) is 0 Å². The molecule has 1 saturated heterocycles. The van der Waals surface area contributed by atoms with Gasteiger partial charge in [-0.25, -0.2) is 4.79 Å². The number of fused-ring (bicyclic) bond motifs is 2. The van der Waals surface area contributed by atoms with Crippen molar-refractivity contribution in [3.8, 4) is 17.2 Å². The summed E-state index contributed by atoms with van der Waals surface area (Å²) in [5.41, 5.74) is 0.671. The van der Waals surface area contributed by atoms with Crippen molar-refractivity contribution >= 4 is 17.8 Å². The molecule has 0 aliphatic carbocycles. The summed E-state index contributed by atoms with van der Waals surface area (Å²) in [4.78, 5) is 26.0. The molecule has 1 aromatic rings. The van der Waals surface area contributed by atoms with Crippen LogP contribution in [0, 0.1) is 0 Å². The number of ketones is 1. The van der Waals surface area contributed by atoms with Gasteiger partial charge >= 0.3 is 5.97 Å². The van der Waals surface area contributed by atoms with Crippen molar-refractivity contribution in [1.29, 1.82) is 0 Å². The molecule has 1 fully saturated rings. The van der Waals surface area contributed by atoms with Crippen LogP contribution in [0.2, 0.25) is 0 Å². The smallest absolute Gasteiger partial charge is 0.342 e. The molecule has 1 aromatic carbocycles. The Hall–Kier alpha value is -2.88. The Morgan fingerprint density at radius 1 is 1.00 bits per heavy atom. The van der Waals surface area contributed by atoms with Gasteiger partial charge in [0.1, 0.15) is 17.8 Å². The van der Waals surface area contributed by atoms with Crippen molar-refractivity contribution in [1.82, 2.24) is 0 Å². The molecule has 2 heterocycles. The Bertz CT molecular complexity index is 964. The molecule has 0 aromatic heterocycles. The van der Waals surface area contributed by atoms with E-state index < -0.39 is 30.1 Å². The van der Waals surface area contributed by atoms with Gasteiger partial charge in [0.05, 0.1) is 20.3 Å². The van der Waals surface area contributed by atoms with E-state index in [0.29, 0.717) is 24.2 Å². The molecule has 2 aliphatic rings. The van der Waals surface area contributed by atoms with Crippen LogP contribution in [0.4, 0.5) is 0 Å². The second-order valence-corrected chi connectivity index (χ2v) is 8.45. The third-order valence-corrected chi connectivity index (χ3v) is 5.37. The Balaban J connectivity index is 2.11. The minimum atomic E-state index is -0.886. The Morgan fingerprint density at radius 3 is 2.41 bits per heavy atom. The molecular weight excluding hydrogens is 444 g/mol. The summed E-state index contributed by atoms with van der Waals surface area (Å²) in [5.74, 6) is -0.911. The first-order valence-corrected chi connectivity index (χ1v) is 11.0. The Kier molecular flexibility index (Phi) is 8.35. The zero-order valence-electron chi connectivity index (χ0n) is 20.4. The number of carbonyl (C=O) groups excluding carboxylic acids is 2. The van der Waals surface area contributed by atoms with Crippen molar-refractivity contribution < 1.29 is 42.7 Å². The van der Waals surface area contributed by atoms with E-state index in [-0.39, 0.29) is 29.6 Å². The topological polar surface area (TPSA) is 98.8 Å². The fraction of sp³-hybridized carbons (Fsp3) is 0.520. The van der Waals surface area contributed by atoms with Gasteiger partial charge in [0.25, 0.3) is 0 Å². The monoisotopic (exact) mass is 476 g/mol. The zero-order chi connectivity index (χ0) is 24.9. The lowest BCUT2D eigenvalue weighted by Gasteiger charge is -2.20. The first-order valence-electron chi connectivity index (χ1n) is 11.0. The van der Waals surface area contributed by atoms with Crippen molar-refractivity contribution in [2.45, 2.75) is 57.7 Å². The summed E-state index contributed by atoms with van der Waals surface area (Å²) in [7, 11) is 4.42. The van der Waals surface area contributed by atoms with E-state index in [0.717, 1.165) is 0 Å². The van der Waals surface area contributed by atoms with Crippen LogP contribution < -0.4 is 14.2 Å². The Labute approximate surface area is 199 Å². The van der Waals surface area contributed by atoms with Crippen LogP contribution in [0.3, 0.4) is 0 Å². The van der Waals surface area contributed by atoms with Gasteiger partial charge in [-0.1, -0.05) is 18.2 Å². The molecule has 0 N–H and O–H groups in total. The van der Waals surface area contributed by atoms with Crippen LogP contribution in [0.1, 0.15) is 49.5 Å². The molecule has 9 nitrogen and oxygen atoms in total. The fourth-order valence-electron chi connectivity index (χ4n) is 3.92. The molecule has 0 unspecified atom stereocenters. The van der Waals surface area contributed by atoms with E-state index in [2.05, 4.69) is 0 Å². The molecule has 0 spiro atoms. The maximum Gasteiger partial charge on any atom is 0.342 e. The Morgan fingerprint density at radius 2 is 1.74 bits per heavy atom. The highest BCUT2D eigenvalue weighted by Gasteiger charge is 2.43. The summed E-state index contributed by atoms with van der Waals surface area (Å²) in [5, 5.41) is 0. The number of hydrogen-bond acceptors (Lipinski definition) is 9. The van der Waals surface area contributed by atoms with Gasteiger partial charge in [-0.2, -0.15) is 0 Å². The average Bonchev–Trinajstić information content (AvgIpc) is 3.10. The molecule has 0 saturated carbocycles. The minimum Gasteiger partial charge on any atom is -0.493 e. The molecule has 0 bridgehead atoms. The standard InChI is InChI=1S/C25H32O9/c1-15-9-7-11-17(26)21-18(33-25(2,3)34-21)12-8-10-16-13-19(29-5)22(30-6)23(31-14-28-4)20(16)24(27)32-15/h7-8,10-11,13,15,18,21H,9,12,14H2,1-6H3/b10-8?,11-7-/t15-,18-,21+/m0/s1. The van der Waals surface area contributed by atoms with Crippen molar-refractivity contribution in [3.05, 3.63) is 35.4 Å². The third-order valence-electron chi connectivity index (χ3n) is 5.37. The van der Waals surface area contributed by atoms with E-state index in [1.54, 1.807) is 39.0 Å². The minimum absolute atomic E-state index is 0.114. The molecule has 186 valence electrons. The second-order valence-electron chi connectivity index (χ2n) is 8.45.